The van der Waals surface area contributed by atoms with E-state index in [9.17, 15) is 5.11 Å². The first-order chi connectivity index (χ1) is 12.1. The first-order valence-electron chi connectivity index (χ1n) is 8.92. The van der Waals surface area contributed by atoms with Crippen molar-refractivity contribution in [2.45, 2.75) is 36.8 Å². The van der Waals surface area contributed by atoms with Gasteiger partial charge in [0, 0.05) is 36.5 Å². The highest BCUT2D eigenvalue weighted by atomic mass is 16.5. The van der Waals surface area contributed by atoms with E-state index in [0.29, 0.717) is 23.5 Å². The Hall–Kier alpha value is -1.72. The van der Waals surface area contributed by atoms with Crippen LogP contribution >= 0.6 is 0 Å². The van der Waals surface area contributed by atoms with Crippen molar-refractivity contribution in [3.63, 3.8) is 0 Å². The predicted molar refractivity (Wildman–Crippen MR) is 95.1 cm³/mol. The van der Waals surface area contributed by atoms with E-state index in [2.05, 4.69) is 24.1 Å². The molecule has 0 spiro atoms. The molecule has 4 rings (SSSR count). The highest BCUT2D eigenvalue weighted by Crippen LogP contribution is 2.59. The van der Waals surface area contributed by atoms with Crippen molar-refractivity contribution in [2.24, 2.45) is 5.92 Å². The van der Waals surface area contributed by atoms with E-state index in [1.807, 2.05) is 6.07 Å². The van der Waals surface area contributed by atoms with Crippen LogP contribution in [0.4, 0.5) is 0 Å². The minimum absolute atomic E-state index is 0.0183. The average molecular weight is 345 g/mol. The van der Waals surface area contributed by atoms with Gasteiger partial charge in [0.25, 0.3) is 0 Å². The lowest BCUT2D eigenvalue weighted by atomic mass is 9.52. The van der Waals surface area contributed by atoms with E-state index in [-0.39, 0.29) is 11.5 Å². The molecule has 0 saturated carbocycles. The Balaban J connectivity index is 1.97. The summed E-state index contributed by atoms with van der Waals surface area (Å²) in [6, 6.07) is 4.39. The molecular weight excluding hydrogens is 318 g/mol. The van der Waals surface area contributed by atoms with Crippen LogP contribution < -0.4 is 4.74 Å². The van der Waals surface area contributed by atoms with Crippen molar-refractivity contribution in [3.8, 4) is 11.5 Å². The molecule has 1 heterocycles. The van der Waals surface area contributed by atoms with E-state index in [1.54, 1.807) is 21.3 Å². The third-order valence-corrected chi connectivity index (χ3v) is 6.63. The van der Waals surface area contributed by atoms with Gasteiger partial charge in [0.1, 0.15) is 0 Å². The number of piperidine rings is 1. The standard InChI is InChI=1S/C20H27NO4/c1-21-8-7-20-11-13(23-2)10-16(25-4)18(20)14(21)9-12-5-6-15(24-3)19(22)17(12)20/h5-6,10,14,16,18,22H,7-9,11H2,1-4H3/t14?,16?,18?,20-/m0/s1. The first-order valence-corrected chi connectivity index (χ1v) is 8.92. The molecule has 2 aliphatic carbocycles. The Kier molecular flexibility index (Phi) is 3.96. The summed E-state index contributed by atoms with van der Waals surface area (Å²) in [5, 5.41) is 11.0. The fourth-order valence-corrected chi connectivity index (χ4v) is 5.49. The molecule has 25 heavy (non-hydrogen) atoms. The number of nitrogens with zero attached hydrogens (tertiary/aromatic N) is 1. The van der Waals surface area contributed by atoms with Crippen molar-refractivity contribution in [1.82, 2.24) is 4.90 Å². The Labute approximate surface area is 149 Å². The number of likely N-dealkylation sites (N-methyl/N-ethyl adjacent to an activating group) is 1. The smallest absolute Gasteiger partial charge is 0.161 e. The number of rotatable bonds is 3. The van der Waals surface area contributed by atoms with Crippen molar-refractivity contribution in [1.29, 1.82) is 0 Å². The molecule has 0 radical (unpaired) electrons. The molecular formula is C20H27NO4. The zero-order chi connectivity index (χ0) is 17.8. The quantitative estimate of drug-likeness (QED) is 0.912. The lowest BCUT2D eigenvalue weighted by Crippen LogP contribution is -2.63. The summed E-state index contributed by atoms with van der Waals surface area (Å²) in [5.41, 5.74) is 2.09. The minimum Gasteiger partial charge on any atom is -0.504 e. The molecule has 1 saturated heterocycles. The number of hydrogen-bond acceptors (Lipinski definition) is 5. The summed E-state index contributed by atoms with van der Waals surface area (Å²) in [5.74, 6) is 2.08. The van der Waals surface area contributed by atoms with Crippen LogP contribution in [0.3, 0.4) is 0 Å². The average Bonchev–Trinajstić information content (AvgIpc) is 2.63. The third kappa shape index (κ3) is 2.22. The van der Waals surface area contributed by atoms with Crippen molar-refractivity contribution < 1.29 is 19.3 Å². The maximum atomic E-state index is 11.0. The number of fused-ring (bicyclic) bond motifs is 1. The van der Waals surface area contributed by atoms with E-state index in [4.69, 9.17) is 14.2 Å². The van der Waals surface area contributed by atoms with Crippen LogP contribution in [0, 0.1) is 5.92 Å². The maximum Gasteiger partial charge on any atom is 0.161 e. The molecule has 3 aliphatic rings. The normalized spacial score (nSPS) is 33.9. The zero-order valence-electron chi connectivity index (χ0n) is 15.4. The molecule has 0 aromatic heterocycles. The largest absolute Gasteiger partial charge is 0.504 e. The van der Waals surface area contributed by atoms with Gasteiger partial charge >= 0.3 is 0 Å². The second kappa shape index (κ2) is 5.92. The summed E-state index contributed by atoms with van der Waals surface area (Å²) in [7, 11) is 7.29. The van der Waals surface area contributed by atoms with Gasteiger partial charge in [0.05, 0.1) is 26.1 Å². The van der Waals surface area contributed by atoms with Gasteiger partial charge in [-0.25, -0.2) is 0 Å². The molecule has 1 aliphatic heterocycles. The monoisotopic (exact) mass is 345 g/mol. The number of allylic oxidation sites excluding steroid dienone is 1. The van der Waals surface area contributed by atoms with Crippen LogP contribution in [0.25, 0.3) is 0 Å². The summed E-state index contributed by atoms with van der Waals surface area (Å²) in [6.07, 6.45) is 4.80. The van der Waals surface area contributed by atoms with E-state index in [0.717, 1.165) is 37.1 Å². The molecule has 4 atom stereocenters. The number of phenols is 1. The van der Waals surface area contributed by atoms with Gasteiger partial charge in [0.15, 0.2) is 11.5 Å². The molecule has 3 unspecified atom stereocenters. The first kappa shape index (κ1) is 16.7. The van der Waals surface area contributed by atoms with Crippen LogP contribution in [-0.2, 0) is 21.3 Å². The minimum atomic E-state index is -0.176. The fourth-order valence-electron chi connectivity index (χ4n) is 5.49. The van der Waals surface area contributed by atoms with Crippen molar-refractivity contribution >= 4 is 0 Å². The van der Waals surface area contributed by atoms with Gasteiger partial charge in [-0.2, -0.15) is 0 Å². The summed E-state index contributed by atoms with van der Waals surface area (Å²) >= 11 is 0. The summed E-state index contributed by atoms with van der Waals surface area (Å²) in [6.45, 7) is 1.00. The van der Waals surface area contributed by atoms with Gasteiger partial charge < -0.3 is 24.2 Å². The van der Waals surface area contributed by atoms with E-state index < -0.39 is 0 Å². The molecule has 136 valence electrons. The molecule has 5 nitrogen and oxygen atoms in total. The van der Waals surface area contributed by atoms with Crippen LogP contribution in [-0.4, -0.2) is 57.1 Å². The van der Waals surface area contributed by atoms with Gasteiger partial charge in [-0.3, -0.25) is 0 Å². The molecule has 1 N–H and O–H groups in total. The van der Waals surface area contributed by atoms with Crippen molar-refractivity contribution in [3.05, 3.63) is 35.1 Å². The van der Waals surface area contributed by atoms with Gasteiger partial charge in [-0.15, -0.1) is 0 Å². The lowest BCUT2D eigenvalue weighted by molar-refractivity contribution is -0.0606. The topological polar surface area (TPSA) is 51.2 Å². The molecule has 5 heteroatoms. The number of ether oxygens (including phenoxy) is 3. The fraction of sp³-hybridized carbons (Fsp3) is 0.600. The highest BCUT2D eigenvalue weighted by Gasteiger charge is 2.58. The number of aromatic hydroxyl groups is 1. The Bertz CT molecular complexity index is 716. The third-order valence-electron chi connectivity index (χ3n) is 6.63. The predicted octanol–water partition coefficient (Wildman–Crippen LogP) is 2.46. The van der Waals surface area contributed by atoms with Gasteiger partial charge in [-0.1, -0.05) is 6.07 Å². The Morgan fingerprint density at radius 1 is 1.20 bits per heavy atom. The summed E-state index contributed by atoms with van der Waals surface area (Å²) in [4.78, 5) is 2.45. The number of phenolic OH excluding ortho intramolecular Hbond substituents is 1. The molecule has 1 aromatic carbocycles. The molecule has 2 bridgehead atoms. The van der Waals surface area contributed by atoms with Gasteiger partial charge in [-0.05, 0) is 44.1 Å². The van der Waals surface area contributed by atoms with Gasteiger partial charge in [0.2, 0.25) is 0 Å². The van der Waals surface area contributed by atoms with Crippen LogP contribution in [0.2, 0.25) is 0 Å². The molecule has 1 aromatic rings. The second-order valence-electron chi connectivity index (χ2n) is 7.55. The molecule has 0 amide bonds. The SMILES string of the molecule is COC1=CC(OC)C2C3Cc4ccc(OC)c(O)c4[C@]2(CCN3C)C1. The summed E-state index contributed by atoms with van der Waals surface area (Å²) < 4.78 is 17.0. The van der Waals surface area contributed by atoms with Crippen molar-refractivity contribution in [2.75, 3.05) is 34.9 Å². The Morgan fingerprint density at radius 3 is 2.68 bits per heavy atom. The second-order valence-corrected chi connectivity index (χ2v) is 7.55. The number of methoxy groups -OCH3 is 3. The van der Waals surface area contributed by atoms with Crippen LogP contribution in [0.5, 0.6) is 11.5 Å². The number of hydrogen-bond donors (Lipinski definition) is 1. The highest BCUT2D eigenvalue weighted by molar-refractivity contribution is 5.57. The van der Waals surface area contributed by atoms with E-state index in [1.165, 1.54) is 5.56 Å². The molecule has 1 fully saturated rings. The van der Waals surface area contributed by atoms with Crippen LogP contribution in [0.1, 0.15) is 24.0 Å². The Morgan fingerprint density at radius 2 is 2.00 bits per heavy atom. The number of benzene rings is 1. The number of likely N-dealkylation sites (tertiary alicyclic amines) is 1. The zero-order valence-corrected chi connectivity index (χ0v) is 15.4. The lowest BCUT2D eigenvalue weighted by Gasteiger charge is -2.59. The van der Waals surface area contributed by atoms with E-state index >= 15 is 0 Å². The maximum absolute atomic E-state index is 11.0. The van der Waals surface area contributed by atoms with Crippen LogP contribution in [0.15, 0.2) is 24.0 Å².